The molecule has 20 heavy (non-hydrogen) atoms. The Morgan fingerprint density at radius 1 is 1.10 bits per heavy atom. The minimum absolute atomic E-state index is 0.310. The summed E-state index contributed by atoms with van der Waals surface area (Å²) in [6.45, 7) is 0. The third-order valence-electron chi connectivity index (χ3n) is 3.25. The normalized spacial score (nSPS) is 12.0. The molecule has 0 aliphatic rings. The highest BCUT2D eigenvalue weighted by molar-refractivity contribution is 5.75. The molecule has 5 nitrogen and oxygen atoms in total. The monoisotopic (exact) mass is 263 g/mol. The number of fused-ring (bicyclic) bond motifs is 1. The summed E-state index contributed by atoms with van der Waals surface area (Å²) in [6, 6.07) is 17.8. The van der Waals surface area contributed by atoms with Gasteiger partial charge in [-0.3, -0.25) is 0 Å². The molecule has 0 saturated heterocycles. The average molecular weight is 263 g/mol. The van der Waals surface area contributed by atoms with Crippen molar-refractivity contribution in [1.29, 1.82) is 0 Å². The van der Waals surface area contributed by atoms with Gasteiger partial charge < -0.3 is 4.57 Å². The van der Waals surface area contributed by atoms with E-state index < -0.39 is 0 Å². The van der Waals surface area contributed by atoms with E-state index in [1.165, 1.54) is 0 Å². The lowest BCUT2D eigenvalue weighted by molar-refractivity contribution is 0.529. The molecule has 5 heteroatoms. The van der Waals surface area contributed by atoms with Crippen molar-refractivity contribution in [2.45, 2.75) is 12.6 Å². The number of hydrogen-bond acceptors (Lipinski definition) is 2. The zero-order valence-electron chi connectivity index (χ0n) is 10.8. The van der Waals surface area contributed by atoms with Gasteiger partial charge in [0.1, 0.15) is 6.17 Å². The van der Waals surface area contributed by atoms with Crippen LogP contribution in [0.3, 0.4) is 0 Å². The van der Waals surface area contributed by atoms with E-state index >= 15 is 0 Å². The molecule has 1 aromatic heterocycles. The van der Waals surface area contributed by atoms with Gasteiger partial charge in [-0.15, -0.1) is 0 Å². The van der Waals surface area contributed by atoms with Crippen molar-refractivity contribution in [3.8, 4) is 0 Å². The molecule has 0 aliphatic carbocycles. The minimum Gasteiger partial charge on any atom is -0.321 e. The van der Waals surface area contributed by atoms with Crippen LogP contribution < -0.4 is 0 Å². The second kappa shape index (κ2) is 5.47. The number of benzene rings is 2. The Morgan fingerprint density at radius 2 is 1.85 bits per heavy atom. The van der Waals surface area contributed by atoms with Crippen LogP contribution in [0.5, 0.6) is 0 Å². The van der Waals surface area contributed by atoms with Crippen LogP contribution >= 0.6 is 0 Å². The van der Waals surface area contributed by atoms with Crippen molar-refractivity contribution in [3.05, 3.63) is 76.9 Å². The fourth-order valence-corrected chi connectivity index (χ4v) is 2.30. The second-order valence-corrected chi connectivity index (χ2v) is 4.52. The minimum atomic E-state index is -0.310. The first-order chi connectivity index (χ1) is 9.88. The van der Waals surface area contributed by atoms with E-state index in [2.05, 4.69) is 15.0 Å². The molecule has 0 spiro atoms. The molecule has 0 aliphatic heterocycles. The standard InChI is InChI=1S/C15H13N5/c16-19-18-15(10-12-6-2-1-3-7-12)20-11-17-13-8-4-5-9-14(13)20/h1-9,11,15H,10H2. The van der Waals surface area contributed by atoms with Crippen LogP contribution in [-0.4, -0.2) is 9.55 Å². The summed E-state index contributed by atoms with van der Waals surface area (Å²) in [5.41, 5.74) is 11.8. The van der Waals surface area contributed by atoms with Gasteiger partial charge in [-0.2, -0.15) is 0 Å². The average Bonchev–Trinajstić information content (AvgIpc) is 2.92. The summed E-state index contributed by atoms with van der Waals surface area (Å²) in [5, 5.41) is 3.92. The van der Waals surface area contributed by atoms with Gasteiger partial charge in [0.25, 0.3) is 0 Å². The van der Waals surface area contributed by atoms with E-state index in [1.54, 1.807) is 6.33 Å². The van der Waals surface area contributed by atoms with E-state index in [0.29, 0.717) is 6.42 Å². The molecule has 1 unspecified atom stereocenters. The van der Waals surface area contributed by atoms with Crippen LogP contribution in [0.25, 0.3) is 21.5 Å². The number of para-hydroxylation sites is 2. The lowest BCUT2D eigenvalue weighted by Crippen LogP contribution is -2.08. The van der Waals surface area contributed by atoms with Gasteiger partial charge in [0, 0.05) is 4.91 Å². The van der Waals surface area contributed by atoms with Crippen molar-refractivity contribution >= 4 is 11.0 Å². The highest BCUT2D eigenvalue weighted by Crippen LogP contribution is 2.22. The van der Waals surface area contributed by atoms with Gasteiger partial charge in [0.2, 0.25) is 0 Å². The summed E-state index contributed by atoms with van der Waals surface area (Å²) in [7, 11) is 0. The van der Waals surface area contributed by atoms with Gasteiger partial charge in [-0.1, -0.05) is 47.6 Å². The van der Waals surface area contributed by atoms with Crippen LogP contribution in [0.15, 0.2) is 66.0 Å². The van der Waals surface area contributed by atoms with E-state index in [0.717, 1.165) is 16.6 Å². The zero-order chi connectivity index (χ0) is 13.8. The predicted molar refractivity (Wildman–Crippen MR) is 78.1 cm³/mol. The fourth-order valence-electron chi connectivity index (χ4n) is 2.30. The smallest absolute Gasteiger partial charge is 0.118 e. The lowest BCUT2D eigenvalue weighted by atomic mass is 10.1. The number of imidazole rings is 1. The van der Waals surface area contributed by atoms with Gasteiger partial charge in [-0.05, 0) is 29.6 Å². The maximum Gasteiger partial charge on any atom is 0.118 e. The maximum atomic E-state index is 8.81. The summed E-state index contributed by atoms with van der Waals surface area (Å²) in [4.78, 5) is 7.31. The second-order valence-electron chi connectivity index (χ2n) is 4.52. The van der Waals surface area contributed by atoms with Crippen molar-refractivity contribution < 1.29 is 0 Å². The Hall–Kier alpha value is -2.78. The van der Waals surface area contributed by atoms with Crippen molar-refractivity contribution in [3.63, 3.8) is 0 Å². The van der Waals surface area contributed by atoms with Crippen LogP contribution in [0, 0.1) is 0 Å². The highest BCUT2D eigenvalue weighted by atomic mass is 15.3. The number of rotatable bonds is 4. The Labute approximate surface area is 116 Å². The van der Waals surface area contributed by atoms with Crippen molar-refractivity contribution in [1.82, 2.24) is 9.55 Å². The largest absolute Gasteiger partial charge is 0.321 e. The first kappa shape index (κ1) is 12.3. The molecule has 0 amide bonds. The quantitative estimate of drug-likeness (QED) is 0.397. The SMILES string of the molecule is [N-]=[N+]=NC(Cc1ccccc1)n1cnc2ccccc21. The van der Waals surface area contributed by atoms with Gasteiger partial charge in [0.15, 0.2) is 0 Å². The molecule has 1 heterocycles. The van der Waals surface area contributed by atoms with Crippen LogP contribution in [-0.2, 0) is 6.42 Å². The van der Waals surface area contributed by atoms with Gasteiger partial charge in [-0.25, -0.2) is 4.98 Å². The maximum absolute atomic E-state index is 8.81. The van der Waals surface area contributed by atoms with Gasteiger partial charge in [0.05, 0.1) is 17.4 Å². The topological polar surface area (TPSA) is 66.6 Å². The first-order valence-corrected chi connectivity index (χ1v) is 6.38. The summed E-state index contributed by atoms with van der Waals surface area (Å²) in [6.07, 6.45) is 2.06. The molecule has 0 saturated carbocycles. The lowest BCUT2D eigenvalue weighted by Gasteiger charge is -2.14. The van der Waals surface area contributed by atoms with Crippen LogP contribution in [0.2, 0.25) is 0 Å². The molecule has 0 fully saturated rings. The third kappa shape index (κ3) is 2.35. The third-order valence-corrected chi connectivity index (χ3v) is 3.25. The molecule has 1 atom stereocenters. The fraction of sp³-hybridized carbons (Fsp3) is 0.133. The van der Waals surface area contributed by atoms with Crippen LogP contribution in [0.1, 0.15) is 11.7 Å². The van der Waals surface area contributed by atoms with E-state index in [1.807, 2.05) is 59.2 Å². The molecule has 3 rings (SSSR count). The number of nitrogens with zero attached hydrogens (tertiary/aromatic N) is 5. The molecular weight excluding hydrogens is 250 g/mol. The highest BCUT2D eigenvalue weighted by Gasteiger charge is 2.12. The Bertz CT molecular complexity index is 756. The molecule has 0 radical (unpaired) electrons. The molecule has 0 N–H and O–H groups in total. The van der Waals surface area contributed by atoms with E-state index in [9.17, 15) is 0 Å². The van der Waals surface area contributed by atoms with Crippen molar-refractivity contribution in [2.75, 3.05) is 0 Å². The Kier molecular flexibility index (Phi) is 3.35. The summed E-state index contributed by atoms with van der Waals surface area (Å²) in [5.74, 6) is 0. The first-order valence-electron chi connectivity index (χ1n) is 6.38. The van der Waals surface area contributed by atoms with Gasteiger partial charge >= 0.3 is 0 Å². The van der Waals surface area contributed by atoms with E-state index in [-0.39, 0.29) is 6.17 Å². The van der Waals surface area contributed by atoms with Crippen LogP contribution in [0.4, 0.5) is 0 Å². The molecular formula is C15H13N5. The predicted octanol–water partition coefficient (Wildman–Crippen LogP) is 4.09. The Balaban J connectivity index is 2.00. The molecule has 0 bridgehead atoms. The number of azide groups is 1. The summed E-state index contributed by atoms with van der Waals surface area (Å²) >= 11 is 0. The zero-order valence-corrected chi connectivity index (χ0v) is 10.8. The number of aromatic nitrogens is 2. The summed E-state index contributed by atoms with van der Waals surface area (Å²) < 4.78 is 1.92. The Morgan fingerprint density at radius 3 is 2.65 bits per heavy atom. The number of hydrogen-bond donors (Lipinski definition) is 0. The molecule has 3 aromatic rings. The molecule has 2 aromatic carbocycles. The van der Waals surface area contributed by atoms with E-state index in [4.69, 9.17) is 5.53 Å². The molecule has 98 valence electrons. The van der Waals surface area contributed by atoms with Crippen molar-refractivity contribution in [2.24, 2.45) is 5.11 Å².